The largest absolute Gasteiger partial charge is 0.396 e. The van der Waals surface area contributed by atoms with Crippen molar-refractivity contribution in [2.24, 2.45) is 5.92 Å². The molecule has 1 unspecified atom stereocenters. The van der Waals surface area contributed by atoms with Crippen LogP contribution in [-0.2, 0) is 10.0 Å². The Bertz CT molecular complexity index is 674. The Hall–Kier alpha value is -1.71. The second-order valence-electron chi connectivity index (χ2n) is 5.13. The summed E-state index contributed by atoms with van der Waals surface area (Å²) < 4.78 is 26.4. The minimum Gasteiger partial charge on any atom is -0.396 e. The number of nitrogen functional groups attached to an aromatic ring is 1. The lowest BCUT2D eigenvalue weighted by Crippen LogP contribution is -2.30. The molecule has 3 N–H and O–H groups in total. The van der Waals surface area contributed by atoms with E-state index in [1.54, 1.807) is 6.92 Å². The summed E-state index contributed by atoms with van der Waals surface area (Å²) in [6.45, 7) is 1.99. The minimum absolute atomic E-state index is 0.0638. The lowest BCUT2D eigenvalue weighted by atomic mass is 10.1. The molecule has 1 aromatic carbocycles. The van der Waals surface area contributed by atoms with Gasteiger partial charge in [-0.3, -0.25) is 10.1 Å². The Morgan fingerprint density at radius 1 is 1.52 bits per heavy atom. The summed E-state index contributed by atoms with van der Waals surface area (Å²) in [6.07, 6.45) is 0.575. The van der Waals surface area contributed by atoms with Crippen molar-refractivity contribution in [3.63, 3.8) is 0 Å². The van der Waals surface area contributed by atoms with E-state index < -0.39 is 20.6 Å². The van der Waals surface area contributed by atoms with Gasteiger partial charge in [-0.25, -0.2) is 8.42 Å². The first-order chi connectivity index (χ1) is 9.77. The van der Waals surface area contributed by atoms with E-state index in [0.29, 0.717) is 18.5 Å². The standard InChI is InChI=1S/C12H17N3O5S/c1-8-4-10(13)11(15(17)18)5-12(8)21(19,20)14-3-2-9(6-14)7-16/h4-5,9,16H,2-3,6-7,13H2,1H3. The van der Waals surface area contributed by atoms with Gasteiger partial charge in [0.25, 0.3) is 5.69 Å². The van der Waals surface area contributed by atoms with Crippen LogP contribution in [0.4, 0.5) is 11.4 Å². The Kier molecular flexibility index (Phi) is 4.17. The fourth-order valence-corrected chi connectivity index (χ4v) is 4.20. The van der Waals surface area contributed by atoms with Crippen LogP contribution in [0.5, 0.6) is 0 Å². The first-order valence-corrected chi connectivity index (χ1v) is 7.87. The Balaban J connectivity index is 2.45. The van der Waals surface area contributed by atoms with Gasteiger partial charge < -0.3 is 10.8 Å². The highest BCUT2D eigenvalue weighted by Crippen LogP contribution is 2.32. The zero-order valence-electron chi connectivity index (χ0n) is 11.5. The average Bonchev–Trinajstić information content (AvgIpc) is 2.87. The van der Waals surface area contributed by atoms with Crippen molar-refractivity contribution >= 4 is 21.4 Å². The van der Waals surface area contributed by atoms with Gasteiger partial charge in [0.05, 0.1) is 9.82 Å². The zero-order valence-corrected chi connectivity index (χ0v) is 12.3. The number of benzene rings is 1. The number of anilines is 1. The predicted octanol–water partition coefficient (Wildman–Crippen LogP) is 0.488. The number of aliphatic hydroxyl groups excluding tert-OH is 1. The summed E-state index contributed by atoms with van der Waals surface area (Å²) >= 11 is 0. The topological polar surface area (TPSA) is 127 Å². The number of hydrogen-bond acceptors (Lipinski definition) is 6. The highest BCUT2D eigenvalue weighted by atomic mass is 32.2. The second kappa shape index (κ2) is 5.58. The maximum absolute atomic E-state index is 12.6. The third kappa shape index (κ3) is 2.85. The van der Waals surface area contributed by atoms with Crippen LogP contribution >= 0.6 is 0 Å². The van der Waals surface area contributed by atoms with Crippen LogP contribution in [0.1, 0.15) is 12.0 Å². The molecular weight excluding hydrogens is 298 g/mol. The molecule has 0 saturated carbocycles. The van der Waals surface area contributed by atoms with Crippen molar-refractivity contribution in [3.8, 4) is 0 Å². The van der Waals surface area contributed by atoms with Crippen molar-refractivity contribution in [3.05, 3.63) is 27.8 Å². The van der Waals surface area contributed by atoms with Gasteiger partial charge in [-0.15, -0.1) is 0 Å². The maximum Gasteiger partial charge on any atom is 0.293 e. The smallest absolute Gasteiger partial charge is 0.293 e. The summed E-state index contributed by atoms with van der Waals surface area (Å²) in [5.41, 5.74) is 5.43. The van der Waals surface area contributed by atoms with Crippen LogP contribution in [0, 0.1) is 23.0 Å². The number of sulfonamides is 1. The van der Waals surface area contributed by atoms with Crippen LogP contribution < -0.4 is 5.73 Å². The van der Waals surface area contributed by atoms with Crippen molar-refractivity contribution in [1.82, 2.24) is 4.31 Å². The maximum atomic E-state index is 12.6. The number of rotatable bonds is 4. The summed E-state index contributed by atoms with van der Waals surface area (Å²) in [5, 5.41) is 20.0. The Labute approximate surface area is 122 Å². The molecule has 1 atom stereocenters. The van der Waals surface area contributed by atoms with Crippen LogP contribution in [0.25, 0.3) is 0 Å². The van der Waals surface area contributed by atoms with Crippen LogP contribution in [0.2, 0.25) is 0 Å². The van der Waals surface area contributed by atoms with Crippen molar-refractivity contribution in [1.29, 1.82) is 0 Å². The van der Waals surface area contributed by atoms with Crippen LogP contribution in [0.15, 0.2) is 17.0 Å². The van der Waals surface area contributed by atoms with Gasteiger partial charge >= 0.3 is 0 Å². The Morgan fingerprint density at radius 3 is 2.71 bits per heavy atom. The first-order valence-electron chi connectivity index (χ1n) is 6.43. The monoisotopic (exact) mass is 315 g/mol. The molecular formula is C12H17N3O5S. The van der Waals surface area contributed by atoms with Gasteiger partial charge in [0.2, 0.25) is 10.0 Å². The summed E-state index contributed by atoms with van der Waals surface area (Å²) in [7, 11) is -3.82. The molecule has 21 heavy (non-hydrogen) atoms. The molecule has 0 spiro atoms. The number of hydrogen-bond donors (Lipinski definition) is 2. The lowest BCUT2D eigenvalue weighted by Gasteiger charge is -2.18. The van der Waals surface area contributed by atoms with Crippen LogP contribution in [0.3, 0.4) is 0 Å². The fraction of sp³-hybridized carbons (Fsp3) is 0.500. The average molecular weight is 315 g/mol. The fourth-order valence-electron chi connectivity index (χ4n) is 2.44. The quantitative estimate of drug-likeness (QED) is 0.473. The van der Waals surface area contributed by atoms with Gasteiger partial charge in [-0.05, 0) is 30.9 Å². The second-order valence-corrected chi connectivity index (χ2v) is 7.04. The molecule has 0 aliphatic carbocycles. The first kappa shape index (κ1) is 15.7. The molecule has 1 aromatic rings. The molecule has 0 amide bonds. The summed E-state index contributed by atoms with van der Waals surface area (Å²) in [6, 6.07) is 2.30. The number of aliphatic hydroxyl groups is 1. The van der Waals surface area contributed by atoms with E-state index in [1.807, 2.05) is 0 Å². The SMILES string of the molecule is Cc1cc(N)c([N+](=O)[O-])cc1S(=O)(=O)N1CCC(CO)C1. The molecule has 9 heteroatoms. The molecule has 0 radical (unpaired) electrons. The van der Waals surface area contributed by atoms with E-state index >= 15 is 0 Å². The third-order valence-corrected chi connectivity index (χ3v) is 5.65. The molecule has 1 saturated heterocycles. The van der Waals surface area contributed by atoms with Gasteiger partial charge in [0.15, 0.2) is 0 Å². The van der Waals surface area contributed by atoms with Crippen molar-refractivity contribution in [2.45, 2.75) is 18.2 Å². The molecule has 116 valence electrons. The highest BCUT2D eigenvalue weighted by Gasteiger charge is 2.34. The summed E-state index contributed by atoms with van der Waals surface area (Å²) in [4.78, 5) is 10.1. The van der Waals surface area contributed by atoms with E-state index in [9.17, 15) is 18.5 Å². The molecule has 8 nitrogen and oxygen atoms in total. The Morgan fingerprint density at radius 2 is 2.19 bits per heavy atom. The highest BCUT2D eigenvalue weighted by molar-refractivity contribution is 7.89. The molecule has 0 bridgehead atoms. The van der Waals surface area contributed by atoms with Crippen LogP contribution in [-0.4, -0.2) is 42.4 Å². The molecule has 2 rings (SSSR count). The van der Waals surface area contributed by atoms with Crippen molar-refractivity contribution < 1.29 is 18.4 Å². The van der Waals surface area contributed by atoms with E-state index in [-0.39, 0.29) is 29.7 Å². The zero-order chi connectivity index (χ0) is 15.8. The van der Waals surface area contributed by atoms with Gasteiger partial charge in [-0.1, -0.05) is 0 Å². The third-order valence-electron chi connectivity index (χ3n) is 3.65. The number of nitrogens with zero attached hydrogens (tertiary/aromatic N) is 2. The predicted molar refractivity (Wildman–Crippen MR) is 76.2 cm³/mol. The molecule has 1 fully saturated rings. The minimum atomic E-state index is -3.82. The molecule has 0 aromatic heterocycles. The number of aryl methyl sites for hydroxylation is 1. The van der Waals surface area contributed by atoms with Gasteiger partial charge in [0, 0.05) is 25.8 Å². The molecule has 1 heterocycles. The van der Waals surface area contributed by atoms with E-state index in [1.165, 1.54) is 10.4 Å². The van der Waals surface area contributed by atoms with E-state index in [4.69, 9.17) is 10.8 Å². The number of nitro benzene ring substituents is 1. The summed E-state index contributed by atoms with van der Waals surface area (Å²) in [5.74, 6) is -0.0937. The van der Waals surface area contributed by atoms with E-state index in [2.05, 4.69) is 0 Å². The van der Waals surface area contributed by atoms with Gasteiger partial charge in [-0.2, -0.15) is 4.31 Å². The number of nitro groups is 1. The molecule has 1 aliphatic rings. The van der Waals surface area contributed by atoms with E-state index in [0.717, 1.165) is 6.07 Å². The number of nitrogens with two attached hydrogens (primary N) is 1. The molecule has 1 aliphatic heterocycles. The van der Waals surface area contributed by atoms with Crippen molar-refractivity contribution in [2.75, 3.05) is 25.4 Å². The normalized spacial score (nSPS) is 19.8. The van der Waals surface area contributed by atoms with Gasteiger partial charge in [0.1, 0.15) is 5.69 Å². The lowest BCUT2D eigenvalue weighted by molar-refractivity contribution is -0.384.